The molecule has 0 radical (unpaired) electrons. The van der Waals surface area contributed by atoms with Gasteiger partial charge in [-0.15, -0.1) is 0 Å². The fourth-order valence-electron chi connectivity index (χ4n) is 3.97. The number of pyridine rings is 2. The molecule has 5 heterocycles. The molecule has 5 rings (SSSR count). The predicted molar refractivity (Wildman–Crippen MR) is 115 cm³/mol. The largest absolute Gasteiger partial charge is 0.484 e. The second-order valence-electron chi connectivity index (χ2n) is 7.58. The van der Waals surface area contributed by atoms with Gasteiger partial charge in [0.1, 0.15) is 17.4 Å². The van der Waals surface area contributed by atoms with Crippen LogP contribution < -0.4 is 4.74 Å². The first kappa shape index (κ1) is 19.4. The number of hydrogen-bond donors (Lipinski definition) is 0. The Hall–Kier alpha value is -3.57. The van der Waals surface area contributed by atoms with Crippen LogP contribution in [0.2, 0.25) is 5.02 Å². The van der Waals surface area contributed by atoms with Crippen LogP contribution in [-0.2, 0) is 13.1 Å². The molecular weight excluding hydrogens is 414 g/mol. The van der Waals surface area contributed by atoms with Crippen molar-refractivity contribution in [2.45, 2.75) is 33.0 Å². The van der Waals surface area contributed by atoms with Gasteiger partial charge in [0.25, 0.3) is 0 Å². The van der Waals surface area contributed by atoms with Crippen LogP contribution in [0.25, 0.3) is 16.8 Å². The Morgan fingerprint density at radius 2 is 2.06 bits per heavy atom. The zero-order chi connectivity index (χ0) is 21.5. The molecule has 0 bridgehead atoms. The smallest absolute Gasteiger partial charge is 0.179 e. The van der Waals surface area contributed by atoms with Crippen molar-refractivity contribution in [1.82, 2.24) is 29.3 Å². The zero-order valence-electron chi connectivity index (χ0n) is 17.2. The van der Waals surface area contributed by atoms with Crippen molar-refractivity contribution in [2.75, 3.05) is 6.54 Å². The Labute approximate surface area is 184 Å². The molecule has 156 valence electrons. The molecule has 4 aromatic rings. The van der Waals surface area contributed by atoms with E-state index >= 15 is 0 Å². The molecule has 0 spiro atoms. The number of aromatic nitrogens is 5. The fourth-order valence-corrected chi connectivity index (χ4v) is 4.19. The predicted octanol–water partition coefficient (Wildman–Crippen LogP) is 3.99. The summed E-state index contributed by atoms with van der Waals surface area (Å²) in [4.78, 5) is 5.82. The molecule has 31 heavy (non-hydrogen) atoms. The molecule has 0 aromatic carbocycles. The lowest BCUT2D eigenvalue weighted by Gasteiger charge is -2.22. The van der Waals surface area contributed by atoms with Gasteiger partial charge in [-0.2, -0.15) is 15.5 Å². The minimum absolute atomic E-state index is 0.200. The van der Waals surface area contributed by atoms with E-state index in [1.165, 1.54) is 0 Å². The second kappa shape index (κ2) is 7.60. The fraction of sp³-hybridized carbons (Fsp3) is 0.273. The van der Waals surface area contributed by atoms with Crippen molar-refractivity contribution in [1.29, 1.82) is 5.26 Å². The summed E-state index contributed by atoms with van der Waals surface area (Å²) in [5.74, 6) is 0.633. The van der Waals surface area contributed by atoms with Gasteiger partial charge in [-0.3, -0.25) is 9.67 Å². The Morgan fingerprint density at radius 3 is 2.84 bits per heavy atom. The molecule has 0 N–H and O–H groups in total. The highest BCUT2D eigenvalue weighted by Crippen LogP contribution is 2.36. The highest BCUT2D eigenvalue weighted by atomic mass is 35.5. The van der Waals surface area contributed by atoms with Crippen LogP contribution in [0, 0.1) is 18.4 Å². The Morgan fingerprint density at radius 1 is 1.26 bits per heavy atom. The lowest BCUT2D eigenvalue weighted by atomic mass is 10.1. The molecule has 0 fully saturated rings. The van der Waals surface area contributed by atoms with E-state index in [1.54, 1.807) is 28.0 Å². The average molecular weight is 434 g/mol. The monoisotopic (exact) mass is 433 g/mol. The summed E-state index contributed by atoms with van der Waals surface area (Å²) < 4.78 is 10.0. The number of hydrogen-bond acceptors (Lipinski definition) is 6. The maximum atomic E-state index is 9.27. The van der Waals surface area contributed by atoms with E-state index in [2.05, 4.69) is 16.3 Å². The average Bonchev–Trinajstić information content (AvgIpc) is 3.34. The Bertz CT molecular complexity index is 1310. The second-order valence-corrected chi connectivity index (χ2v) is 7.99. The first-order valence-electron chi connectivity index (χ1n) is 10.00. The van der Waals surface area contributed by atoms with Crippen molar-refractivity contribution >= 4 is 17.1 Å². The van der Waals surface area contributed by atoms with Gasteiger partial charge in [-0.1, -0.05) is 11.6 Å². The van der Waals surface area contributed by atoms with Gasteiger partial charge >= 0.3 is 0 Å². The maximum Gasteiger partial charge on any atom is 0.179 e. The van der Waals surface area contributed by atoms with E-state index in [9.17, 15) is 5.26 Å². The van der Waals surface area contributed by atoms with Gasteiger partial charge in [0.05, 0.1) is 35.7 Å². The quantitative estimate of drug-likeness (QED) is 0.452. The van der Waals surface area contributed by atoms with E-state index in [-0.39, 0.29) is 6.10 Å². The van der Waals surface area contributed by atoms with E-state index in [0.29, 0.717) is 35.9 Å². The lowest BCUT2D eigenvalue weighted by molar-refractivity contribution is 0.229. The minimum Gasteiger partial charge on any atom is -0.484 e. The van der Waals surface area contributed by atoms with Gasteiger partial charge in [-0.05, 0) is 37.6 Å². The van der Waals surface area contributed by atoms with E-state index in [0.717, 1.165) is 28.1 Å². The molecule has 0 unspecified atom stereocenters. The third-order valence-corrected chi connectivity index (χ3v) is 5.95. The summed E-state index contributed by atoms with van der Waals surface area (Å²) in [7, 11) is 0. The topological polar surface area (TPSA) is 84.3 Å². The molecule has 9 heteroatoms. The van der Waals surface area contributed by atoms with Crippen LogP contribution in [0.1, 0.15) is 29.8 Å². The highest BCUT2D eigenvalue weighted by Gasteiger charge is 2.24. The summed E-state index contributed by atoms with van der Waals surface area (Å²) >= 11 is 6.42. The maximum absolute atomic E-state index is 9.27. The van der Waals surface area contributed by atoms with Gasteiger partial charge in [0, 0.05) is 36.3 Å². The molecular formula is C22H20ClN7O. The third-order valence-electron chi connectivity index (χ3n) is 5.67. The lowest BCUT2D eigenvalue weighted by Crippen LogP contribution is -2.30. The highest BCUT2D eigenvalue weighted by molar-refractivity contribution is 6.34. The van der Waals surface area contributed by atoms with Crippen molar-refractivity contribution in [2.24, 2.45) is 0 Å². The van der Waals surface area contributed by atoms with E-state index in [1.807, 2.05) is 42.9 Å². The standard InChI is InChI=1S/C22H20ClN7O/c1-14-19-12-28(13-24)7-8-29(19)27-21(14)17-9-20(22-18(23)10-26-30(22)11-17)31-15(2)16-3-5-25-6-4-16/h3-6,9-11,15H,7-8,12H2,1-2H3/t15-/m1/s1. The van der Waals surface area contributed by atoms with Gasteiger partial charge < -0.3 is 9.64 Å². The number of rotatable bonds is 4. The van der Waals surface area contributed by atoms with Crippen LogP contribution in [0.4, 0.5) is 0 Å². The molecule has 4 aromatic heterocycles. The number of fused-ring (bicyclic) bond motifs is 2. The first-order chi connectivity index (χ1) is 15.0. The summed E-state index contributed by atoms with van der Waals surface area (Å²) in [5.41, 5.74) is 5.56. The Kier molecular flexibility index (Phi) is 4.75. The summed E-state index contributed by atoms with van der Waals surface area (Å²) in [6, 6.07) is 5.82. The van der Waals surface area contributed by atoms with E-state index < -0.39 is 0 Å². The number of nitriles is 1. The molecule has 0 saturated carbocycles. The molecule has 0 aliphatic carbocycles. The van der Waals surface area contributed by atoms with E-state index in [4.69, 9.17) is 21.4 Å². The third kappa shape index (κ3) is 3.37. The van der Waals surface area contributed by atoms with Gasteiger partial charge in [0.2, 0.25) is 0 Å². The van der Waals surface area contributed by atoms with Gasteiger partial charge in [-0.25, -0.2) is 4.52 Å². The number of halogens is 1. The van der Waals surface area contributed by atoms with Crippen LogP contribution >= 0.6 is 11.6 Å². The normalized spacial score (nSPS) is 14.3. The zero-order valence-corrected chi connectivity index (χ0v) is 17.9. The molecule has 8 nitrogen and oxygen atoms in total. The molecule has 1 aliphatic heterocycles. The van der Waals surface area contributed by atoms with Crippen molar-refractivity contribution in [3.05, 3.63) is 64.8 Å². The Balaban J connectivity index is 1.59. The number of ether oxygens (including phenoxy) is 1. The first-order valence-corrected chi connectivity index (χ1v) is 10.4. The van der Waals surface area contributed by atoms with Crippen LogP contribution in [0.5, 0.6) is 5.75 Å². The molecule has 1 atom stereocenters. The van der Waals surface area contributed by atoms with Crippen molar-refractivity contribution in [3.8, 4) is 23.2 Å². The number of nitrogens with zero attached hydrogens (tertiary/aromatic N) is 7. The van der Waals surface area contributed by atoms with Crippen LogP contribution in [-0.4, -0.2) is 35.8 Å². The van der Waals surface area contributed by atoms with Crippen molar-refractivity contribution < 1.29 is 4.74 Å². The van der Waals surface area contributed by atoms with Crippen LogP contribution in [0.3, 0.4) is 0 Å². The van der Waals surface area contributed by atoms with Crippen molar-refractivity contribution in [3.63, 3.8) is 0 Å². The SMILES string of the molecule is Cc1c(-c2cc(O[C@H](C)c3ccncc3)c3c(Cl)cnn3c2)nn2c1CN(C#N)CC2. The molecule has 0 amide bonds. The van der Waals surface area contributed by atoms with Gasteiger partial charge in [0.15, 0.2) is 6.19 Å². The molecule has 0 saturated heterocycles. The summed E-state index contributed by atoms with van der Waals surface area (Å²) in [6.45, 7) is 5.93. The summed E-state index contributed by atoms with van der Waals surface area (Å²) in [5, 5.41) is 19.0. The molecule has 1 aliphatic rings. The van der Waals surface area contributed by atoms with Crippen LogP contribution in [0.15, 0.2) is 43.0 Å². The summed E-state index contributed by atoms with van der Waals surface area (Å²) in [6.07, 6.45) is 9.05. The minimum atomic E-state index is -0.200.